The Bertz CT molecular complexity index is 733. The minimum atomic E-state index is -0.839. The Morgan fingerprint density at radius 2 is 2.08 bits per heavy atom. The molecule has 1 heterocycles. The van der Waals surface area contributed by atoms with Gasteiger partial charge in [0.25, 0.3) is 0 Å². The number of amides is 1. The van der Waals surface area contributed by atoms with Crippen LogP contribution in [0.2, 0.25) is 0 Å². The molecule has 1 aromatic carbocycles. The number of carboxylic acid groups (broad SMARTS) is 1. The number of para-hydroxylation sites is 1. The zero-order chi connectivity index (χ0) is 17.3. The van der Waals surface area contributed by atoms with Crippen molar-refractivity contribution in [3.05, 3.63) is 36.1 Å². The fourth-order valence-corrected chi connectivity index (χ4v) is 3.61. The lowest BCUT2D eigenvalue weighted by Gasteiger charge is -2.40. The third-order valence-corrected chi connectivity index (χ3v) is 5.18. The fourth-order valence-electron chi connectivity index (χ4n) is 3.61. The summed E-state index contributed by atoms with van der Waals surface area (Å²) in [6, 6.07) is 9.49. The van der Waals surface area contributed by atoms with E-state index in [9.17, 15) is 14.7 Å². The molecule has 128 valence electrons. The highest BCUT2D eigenvalue weighted by Crippen LogP contribution is 2.35. The summed E-state index contributed by atoms with van der Waals surface area (Å²) in [5.74, 6) is -1.44. The molecular formula is C19H23NO4. The summed E-state index contributed by atoms with van der Waals surface area (Å²) in [6.07, 6.45) is 3.11. The van der Waals surface area contributed by atoms with Crippen LogP contribution < -0.4 is 5.32 Å². The average Bonchev–Trinajstić information content (AvgIpc) is 2.97. The maximum absolute atomic E-state index is 12.7. The molecule has 5 heteroatoms. The first-order valence-electron chi connectivity index (χ1n) is 8.44. The van der Waals surface area contributed by atoms with Gasteiger partial charge in [-0.2, -0.15) is 0 Å². The molecule has 3 unspecified atom stereocenters. The Balaban J connectivity index is 1.78. The molecule has 0 radical (unpaired) electrons. The average molecular weight is 329 g/mol. The molecule has 1 aliphatic carbocycles. The maximum Gasteiger partial charge on any atom is 0.308 e. The number of carbonyl (C=O) groups excluding carboxylic acids is 1. The van der Waals surface area contributed by atoms with Crippen LogP contribution in [-0.2, 0) is 9.59 Å². The van der Waals surface area contributed by atoms with E-state index >= 15 is 0 Å². The van der Waals surface area contributed by atoms with Gasteiger partial charge in [0.1, 0.15) is 11.3 Å². The van der Waals surface area contributed by atoms with E-state index in [1.54, 1.807) is 6.92 Å². The molecule has 0 saturated heterocycles. The summed E-state index contributed by atoms with van der Waals surface area (Å²) in [5, 5.41) is 13.4. The second-order valence-electron chi connectivity index (χ2n) is 6.95. The SMILES string of the molecule is CC(C(=O)NC1(C)CCCCC1C(=O)O)c1cc2ccccc2o1. The highest BCUT2D eigenvalue weighted by atomic mass is 16.4. The van der Waals surface area contributed by atoms with E-state index < -0.39 is 23.3 Å². The van der Waals surface area contributed by atoms with E-state index in [0.29, 0.717) is 18.6 Å². The Kier molecular flexibility index (Phi) is 4.35. The summed E-state index contributed by atoms with van der Waals surface area (Å²) >= 11 is 0. The molecule has 0 spiro atoms. The normalized spacial score (nSPS) is 25.3. The molecule has 2 N–H and O–H groups in total. The summed E-state index contributed by atoms with van der Waals surface area (Å²) in [5.41, 5.74) is 0.0426. The second kappa shape index (κ2) is 6.30. The van der Waals surface area contributed by atoms with Crippen LogP contribution in [-0.4, -0.2) is 22.5 Å². The van der Waals surface area contributed by atoms with Crippen LogP contribution in [0, 0.1) is 5.92 Å². The number of carbonyl (C=O) groups is 2. The third-order valence-electron chi connectivity index (χ3n) is 5.18. The number of rotatable bonds is 4. The van der Waals surface area contributed by atoms with Gasteiger partial charge in [-0.05, 0) is 38.8 Å². The van der Waals surface area contributed by atoms with Gasteiger partial charge in [-0.3, -0.25) is 9.59 Å². The molecule has 1 aromatic heterocycles. The second-order valence-corrected chi connectivity index (χ2v) is 6.95. The predicted molar refractivity (Wildman–Crippen MR) is 90.8 cm³/mol. The number of aliphatic carboxylic acids is 1. The van der Waals surface area contributed by atoms with Gasteiger partial charge in [-0.15, -0.1) is 0 Å². The van der Waals surface area contributed by atoms with Crippen LogP contribution in [0.4, 0.5) is 0 Å². The number of nitrogens with one attached hydrogen (secondary N) is 1. The lowest BCUT2D eigenvalue weighted by Crippen LogP contribution is -2.56. The van der Waals surface area contributed by atoms with Crippen LogP contribution in [0.5, 0.6) is 0 Å². The number of hydrogen-bond donors (Lipinski definition) is 2. The zero-order valence-electron chi connectivity index (χ0n) is 14.0. The highest BCUT2D eigenvalue weighted by molar-refractivity contribution is 5.86. The molecule has 2 aromatic rings. The summed E-state index contributed by atoms with van der Waals surface area (Å²) in [6.45, 7) is 3.63. The van der Waals surface area contributed by atoms with Crippen LogP contribution in [0.1, 0.15) is 51.2 Å². The van der Waals surface area contributed by atoms with Crippen molar-refractivity contribution in [3.8, 4) is 0 Å². The topological polar surface area (TPSA) is 79.5 Å². The van der Waals surface area contributed by atoms with E-state index in [4.69, 9.17) is 4.42 Å². The molecule has 1 saturated carbocycles. The molecule has 1 aliphatic rings. The van der Waals surface area contributed by atoms with Gasteiger partial charge >= 0.3 is 5.97 Å². The summed E-state index contributed by atoms with van der Waals surface area (Å²) in [4.78, 5) is 24.2. The van der Waals surface area contributed by atoms with Crippen molar-refractivity contribution in [1.82, 2.24) is 5.32 Å². The Hall–Kier alpha value is -2.30. The van der Waals surface area contributed by atoms with E-state index in [0.717, 1.165) is 23.8 Å². The fraction of sp³-hybridized carbons (Fsp3) is 0.474. The number of fused-ring (bicyclic) bond motifs is 1. The van der Waals surface area contributed by atoms with Crippen molar-refractivity contribution in [1.29, 1.82) is 0 Å². The van der Waals surface area contributed by atoms with Crippen molar-refractivity contribution < 1.29 is 19.1 Å². The van der Waals surface area contributed by atoms with Gasteiger partial charge < -0.3 is 14.8 Å². The van der Waals surface area contributed by atoms with Crippen LogP contribution in [0.25, 0.3) is 11.0 Å². The minimum Gasteiger partial charge on any atom is -0.481 e. The van der Waals surface area contributed by atoms with Gasteiger partial charge in [0.15, 0.2) is 0 Å². The van der Waals surface area contributed by atoms with Crippen LogP contribution in [0.15, 0.2) is 34.7 Å². The molecule has 24 heavy (non-hydrogen) atoms. The first-order chi connectivity index (χ1) is 11.4. The van der Waals surface area contributed by atoms with Crippen LogP contribution in [0.3, 0.4) is 0 Å². The van der Waals surface area contributed by atoms with E-state index in [-0.39, 0.29) is 5.91 Å². The molecule has 0 aliphatic heterocycles. The van der Waals surface area contributed by atoms with E-state index in [2.05, 4.69) is 5.32 Å². The molecule has 1 fully saturated rings. The Morgan fingerprint density at radius 1 is 1.33 bits per heavy atom. The van der Waals surface area contributed by atoms with E-state index in [1.807, 2.05) is 37.3 Å². The number of benzene rings is 1. The van der Waals surface area contributed by atoms with Crippen molar-refractivity contribution >= 4 is 22.8 Å². The smallest absolute Gasteiger partial charge is 0.308 e. The number of carboxylic acids is 1. The molecule has 0 bridgehead atoms. The summed E-state index contributed by atoms with van der Waals surface area (Å²) < 4.78 is 5.77. The lowest BCUT2D eigenvalue weighted by molar-refractivity contribution is -0.146. The largest absolute Gasteiger partial charge is 0.481 e. The maximum atomic E-state index is 12.7. The summed E-state index contributed by atoms with van der Waals surface area (Å²) in [7, 11) is 0. The first kappa shape index (κ1) is 16.6. The quantitative estimate of drug-likeness (QED) is 0.896. The van der Waals surface area contributed by atoms with Crippen molar-refractivity contribution in [2.45, 2.75) is 51.0 Å². The van der Waals surface area contributed by atoms with Gasteiger partial charge in [-0.1, -0.05) is 31.0 Å². The van der Waals surface area contributed by atoms with E-state index in [1.165, 1.54) is 0 Å². The van der Waals surface area contributed by atoms with Gasteiger partial charge in [0.2, 0.25) is 5.91 Å². The van der Waals surface area contributed by atoms with Crippen LogP contribution >= 0.6 is 0 Å². The minimum absolute atomic E-state index is 0.190. The Labute approximate surface area is 141 Å². The third kappa shape index (κ3) is 3.03. The van der Waals surface area contributed by atoms with Gasteiger partial charge in [-0.25, -0.2) is 0 Å². The molecule has 3 rings (SSSR count). The highest BCUT2D eigenvalue weighted by Gasteiger charge is 2.43. The van der Waals surface area contributed by atoms with Gasteiger partial charge in [0.05, 0.1) is 17.4 Å². The first-order valence-corrected chi connectivity index (χ1v) is 8.44. The van der Waals surface area contributed by atoms with Crippen molar-refractivity contribution in [2.75, 3.05) is 0 Å². The molecule has 1 amide bonds. The Morgan fingerprint density at radius 3 is 2.79 bits per heavy atom. The predicted octanol–water partition coefficient (Wildman–Crippen LogP) is 3.69. The molecule has 5 nitrogen and oxygen atoms in total. The monoisotopic (exact) mass is 329 g/mol. The molecular weight excluding hydrogens is 306 g/mol. The lowest BCUT2D eigenvalue weighted by atomic mass is 9.73. The molecule has 3 atom stereocenters. The van der Waals surface area contributed by atoms with Crippen molar-refractivity contribution in [3.63, 3.8) is 0 Å². The van der Waals surface area contributed by atoms with Crippen molar-refractivity contribution in [2.24, 2.45) is 5.92 Å². The zero-order valence-corrected chi connectivity index (χ0v) is 14.0. The number of hydrogen-bond acceptors (Lipinski definition) is 3. The standard InChI is InChI=1S/C19H23NO4/c1-12(16-11-13-7-3-4-9-15(13)24-16)17(21)20-19(2)10-6-5-8-14(19)18(22)23/h3-4,7,9,11-12,14H,5-6,8,10H2,1-2H3,(H,20,21)(H,22,23). The number of furan rings is 1. The van der Waals surface area contributed by atoms with Gasteiger partial charge in [0, 0.05) is 5.39 Å².